The maximum absolute atomic E-state index is 13.6. The molecule has 0 spiro atoms. The molecule has 4 rings (SSSR count). The van der Waals surface area contributed by atoms with Crippen molar-refractivity contribution in [1.82, 2.24) is 9.88 Å². The predicted molar refractivity (Wildman–Crippen MR) is 106 cm³/mol. The maximum Gasteiger partial charge on any atom is 0.418 e. The minimum Gasteiger partial charge on any atom is -0.384 e. The van der Waals surface area contributed by atoms with Crippen LogP contribution in [0.1, 0.15) is 24.8 Å². The number of sulfonamides is 1. The summed E-state index contributed by atoms with van der Waals surface area (Å²) in [5, 5.41) is 4.60. The van der Waals surface area contributed by atoms with Crippen LogP contribution < -0.4 is 10.0 Å². The van der Waals surface area contributed by atoms with Crippen LogP contribution in [-0.4, -0.2) is 44.0 Å². The molecular formula is C18H21F3N4O2S2. The number of hydrogen-bond donors (Lipinski definition) is 2. The lowest BCUT2D eigenvalue weighted by molar-refractivity contribution is -0.137. The highest BCUT2D eigenvalue weighted by Crippen LogP contribution is 2.38. The van der Waals surface area contributed by atoms with Crippen molar-refractivity contribution in [2.24, 2.45) is 5.92 Å². The van der Waals surface area contributed by atoms with Crippen molar-refractivity contribution in [3.63, 3.8) is 0 Å². The predicted octanol–water partition coefficient (Wildman–Crippen LogP) is 3.86. The molecule has 11 heteroatoms. The zero-order valence-corrected chi connectivity index (χ0v) is 17.1. The van der Waals surface area contributed by atoms with Crippen LogP contribution in [0, 0.1) is 5.92 Å². The Morgan fingerprint density at radius 2 is 2.07 bits per heavy atom. The topological polar surface area (TPSA) is 74.3 Å². The van der Waals surface area contributed by atoms with Crippen molar-refractivity contribution >= 4 is 32.2 Å². The van der Waals surface area contributed by atoms with Crippen molar-refractivity contribution in [3.8, 4) is 0 Å². The standard InChI is InChI=1S/C18H21F3N4O2S2/c19-18(20,21)14-10-13(29(26,27)24-17-22-6-9-28-17)3-4-15(14)23-11-12-5-8-25-7-1-2-16(12)25/h3-4,6,9-10,12,16,23H,1-2,5,7-8,11H2,(H,22,24)/t12-,16?/m0/s1. The lowest BCUT2D eigenvalue weighted by atomic mass is 9.98. The third-order valence-corrected chi connectivity index (χ3v) is 7.72. The maximum atomic E-state index is 13.6. The molecule has 0 aliphatic carbocycles. The largest absolute Gasteiger partial charge is 0.418 e. The van der Waals surface area contributed by atoms with E-state index in [0.717, 1.165) is 43.7 Å². The molecule has 0 amide bonds. The molecule has 6 nitrogen and oxygen atoms in total. The summed E-state index contributed by atoms with van der Waals surface area (Å²) in [6, 6.07) is 3.48. The van der Waals surface area contributed by atoms with Crippen LogP contribution in [0.4, 0.5) is 24.0 Å². The fraction of sp³-hybridized carbons (Fsp3) is 0.500. The summed E-state index contributed by atoms with van der Waals surface area (Å²) in [6.45, 7) is 2.49. The SMILES string of the molecule is O=S(=O)(Nc1nccs1)c1ccc(NC[C@@H]2CCN3CCCC23)c(C(F)(F)F)c1. The molecule has 1 aromatic heterocycles. The van der Waals surface area contributed by atoms with Crippen LogP contribution in [0.2, 0.25) is 0 Å². The van der Waals surface area contributed by atoms with Gasteiger partial charge in [0.05, 0.1) is 10.5 Å². The van der Waals surface area contributed by atoms with Gasteiger partial charge in [0, 0.05) is 29.9 Å². The Morgan fingerprint density at radius 1 is 1.24 bits per heavy atom. The van der Waals surface area contributed by atoms with Gasteiger partial charge in [-0.05, 0) is 56.5 Å². The lowest BCUT2D eigenvalue weighted by Crippen LogP contribution is -2.29. The van der Waals surface area contributed by atoms with Gasteiger partial charge in [-0.1, -0.05) is 0 Å². The van der Waals surface area contributed by atoms with E-state index in [1.54, 1.807) is 5.38 Å². The number of rotatable bonds is 6. The zero-order valence-electron chi connectivity index (χ0n) is 15.4. The molecule has 3 heterocycles. The summed E-state index contributed by atoms with van der Waals surface area (Å²) in [6.07, 6.45) is -0.0930. The number of nitrogens with zero attached hydrogens (tertiary/aromatic N) is 2. The zero-order chi connectivity index (χ0) is 20.6. The Kier molecular flexibility index (Phi) is 5.47. The number of nitrogens with one attached hydrogen (secondary N) is 2. The molecule has 158 valence electrons. The minimum absolute atomic E-state index is 0.0952. The first-order chi connectivity index (χ1) is 13.7. The van der Waals surface area contributed by atoms with Gasteiger partial charge in [0.25, 0.3) is 10.0 Å². The number of anilines is 2. The van der Waals surface area contributed by atoms with Gasteiger partial charge in [0.1, 0.15) is 0 Å². The van der Waals surface area contributed by atoms with Crippen molar-refractivity contribution < 1.29 is 21.6 Å². The van der Waals surface area contributed by atoms with E-state index in [2.05, 4.69) is 19.9 Å². The van der Waals surface area contributed by atoms with E-state index in [1.807, 2.05) is 0 Å². The van der Waals surface area contributed by atoms with Gasteiger partial charge in [-0.25, -0.2) is 13.4 Å². The molecule has 2 aliphatic rings. The smallest absolute Gasteiger partial charge is 0.384 e. The summed E-state index contributed by atoms with van der Waals surface area (Å²) in [5.41, 5.74) is -1.08. The number of alkyl halides is 3. The fourth-order valence-electron chi connectivity index (χ4n) is 4.19. The quantitative estimate of drug-likeness (QED) is 0.705. The number of thiazole rings is 1. The van der Waals surface area contributed by atoms with Crippen molar-refractivity contribution in [2.45, 2.75) is 36.4 Å². The average Bonchev–Trinajstić information content (AvgIpc) is 3.37. The van der Waals surface area contributed by atoms with E-state index >= 15 is 0 Å². The second kappa shape index (κ2) is 7.77. The molecule has 1 aromatic carbocycles. The Balaban J connectivity index is 1.55. The normalized spacial score (nSPS) is 22.6. The number of hydrogen-bond acceptors (Lipinski definition) is 6. The molecule has 2 N–H and O–H groups in total. The van der Waals surface area contributed by atoms with E-state index < -0.39 is 26.7 Å². The molecule has 2 aromatic rings. The van der Waals surface area contributed by atoms with Crippen LogP contribution in [0.25, 0.3) is 0 Å². The monoisotopic (exact) mass is 446 g/mol. The van der Waals surface area contributed by atoms with E-state index in [9.17, 15) is 21.6 Å². The molecule has 29 heavy (non-hydrogen) atoms. The van der Waals surface area contributed by atoms with E-state index in [0.29, 0.717) is 24.6 Å². The van der Waals surface area contributed by atoms with E-state index in [-0.39, 0.29) is 10.8 Å². The lowest BCUT2D eigenvalue weighted by Gasteiger charge is -2.22. The molecule has 1 unspecified atom stereocenters. The molecule has 0 bridgehead atoms. The molecule has 2 aliphatic heterocycles. The van der Waals surface area contributed by atoms with Gasteiger partial charge in [-0.3, -0.25) is 4.72 Å². The highest BCUT2D eigenvalue weighted by atomic mass is 32.2. The summed E-state index contributed by atoms with van der Waals surface area (Å²) in [5.74, 6) is 0.300. The fourth-order valence-corrected chi connectivity index (χ4v) is 6.01. The van der Waals surface area contributed by atoms with Gasteiger partial charge in [0.15, 0.2) is 5.13 Å². The average molecular weight is 447 g/mol. The molecular weight excluding hydrogens is 425 g/mol. The van der Waals surface area contributed by atoms with Gasteiger partial charge in [0.2, 0.25) is 0 Å². The summed E-state index contributed by atoms with van der Waals surface area (Å²) in [4.78, 5) is 5.75. The third kappa shape index (κ3) is 4.36. The van der Waals surface area contributed by atoms with Gasteiger partial charge >= 0.3 is 6.18 Å². The molecule has 2 saturated heterocycles. The van der Waals surface area contributed by atoms with Crippen molar-refractivity contribution in [2.75, 3.05) is 29.7 Å². The first-order valence-electron chi connectivity index (χ1n) is 9.35. The molecule has 0 radical (unpaired) electrons. The first kappa shape index (κ1) is 20.4. The van der Waals surface area contributed by atoms with E-state index in [1.165, 1.54) is 18.3 Å². The summed E-state index contributed by atoms with van der Waals surface area (Å²) < 4.78 is 68.0. The Morgan fingerprint density at radius 3 is 2.79 bits per heavy atom. The first-order valence-corrected chi connectivity index (χ1v) is 11.7. The van der Waals surface area contributed by atoms with Gasteiger partial charge in [-0.15, -0.1) is 11.3 Å². The summed E-state index contributed by atoms with van der Waals surface area (Å²) >= 11 is 1.05. The van der Waals surface area contributed by atoms with Crippen molar-refractivity contribution in [3.05, 3.63) is 35.3 Å². The van der Waals surface area contributed by atoms with E-state index in [4.69, 9.17) is 0 Å². The minimum atomic E-state index is -4.68. The van der Waals surface area contributed by atoms with Gasteiger partial charge in [-0.2, -0.15) is 13.2 Å². The van der Waals surface area contributed by atoms with Gasteiger partial charge < -0.3 is 10.2 Å². The van der Waals surface area contributed by atoms with Crippen LogP contribution in [0.15, 0.2) is 34.7 Å². The second-order valence-corrected chi connectivity index (χ2v) is 9.90. The van der Waals surface area contributed by atoms with Crippen LogP contribution in [-0.2, 0) is 16.2 Å². The molecule has 0 saturated carbocycles. The van der Waals surface area contributed by atoms with Crippen LogP contribution in [0.5, 0.6) is 0 Å². The number of aromatic nitrogens is 1. The van der Waals surface area contributed by atoms with Crippen LogP contribution in [0.3, 0.4) is 0 Å². The number of fused-ring (bicyclic) bond motifs is 1. The Bertz CT molecular complexity index is 964. The Labute approximate surface area is 171 Å². The number of benzene rings is 1. The highest BCUT2D eigenvalue weighted by Gasteiger charge is 2.38. The number of halogens is 3. The third-order valence-electron chi connectivity index (χ3n) is 5.56. The summed E-state index contributed by atoms with van der Waals surface area (Å²) in [7, 11) is -4.16. The highest BCUT2D eigenvalue weighted by molar-refractivity contribution is 7.93. The van der Waals surface area contributed by atoms with Crippen LogP contribution >= 0.6 is 11.3 Å². The molecule has 2 fully saturated rings. The second-order valence-electron chi connectivity index (χ2n) is 7.32. The molecule has 2 atom stereocenters. The van der Waals surface area contributed by atoms with Crippen molar-refractivity contribution in [1.29, 1.82) is 0 Å². The Hall–Kier alpha value is -1.85.